The van der Waals surface area contributed by atoms with Crippen LogP contribution in [0.5, 0.6) is 0 Å². The van der Waals surface area contributed by atoms with E-state index in [0.717, 1.165) is 6.54 Å². The van der Waals surface area contributed by atoms with Gasteiger partial charge in [0.15, 0.2) is 0 Å². The predicted octanol–water partition coefficient (Wildman–Crippen LogP) is -6.87. The van der Waals surface area contributed by atoms with Gasteiger partial charge in [0.25, 0.3) is 0 Å². The Morgan fingerprint density at radius 3 is 1.64 bits per heavy atom. The van der Waals surface area contributed by atoms with Gasteiger partial charge >= 0.3 is 103 Å². The van der Waals surface area contributed by atoms with Crippen molar-refractivity contribution < 1.29 is 120 Å². The van der Waals surface area contributed by atoms with Crippen molar-refractivity contribution in [1.82, 2.24) is 4.90 Å². The van der Waals surface area contributed by atoms with Crippen LogP contribution in [0, 0.1) is 11.3 Å². The molecule has 0 aromatic carbocycles. The Hall–Kier alpha value is 2.59. The third kappa shape index (κ3) is 62.0. The maximum atomic E-state index is 8.52. The second-order valence-corrected chi connectivity index (χ2v) is 2.94. The monoisotopic (exact) mass is 272 g/mol. The number of hydrogen-bond donors (Lipinski definition) is 0. The molecular weight excluding hydrogens is 262 g/mol. The summed E-state index contributed by atoms with van der Waals surface area (Å²) in [5.74, 6) is 0. The minimum absolute atomic E-state index is 0. The van der Waals surface area contributed by atoms with Crippen LogP contribution in [0.25, 0.3) is 0 Å². The number of rotatable bonds is 2. The third-order valence-corrected chi connectivity index (χ3v) is 0.671. The predicted molar refractivity (Wildman–Crippen MR) is 39.3 cm³/mol. The zero-order chi connectivity index (χ0) is 10.2. The van der Waals surface area contributed by atoms with Gasteiger partial charge < -0.3 is 14.0 Å². The van der Waals surface area contributed by atoms with Gasteiger partial charge in [-0.2, -0.15) is 5.26 Å². The summed E-state index contributed by atoms with van der Waals surface area (Å²) in [4.78, 5) is 1.99. The van der Waals surface area contributed by atoms with Gasteiger partial charge in [-0.15, -0.1) is 0 Å². The van der Waals surface area contributed by atoms with Crippen LogP contribution in [0.3, 0.4) is 0 Å². The fraction of sp³-hybridized carbons (Fsp3) is 0.800. The van der Waals surface area contributed by atoms with E-state index in [0.29, 0.717) is 6.42 Å². The van der Waals surface area contributed by atoms with Crippen molar-refractivity contribution in [3.05, 3.63) is 0 Å². The van der Waals surface area contributed by atoms with Crippen LogP contribution in [0.1, 0.15) is 6.42 Å². The van der Waals surface area contributed by atoms with Gasteiger partial charge in [-0.3, -0.25) is 8.42 Å². The van der Waals surface area contributed by atoms with E-state index < -0.39 is 10.4 Å². The molecule has 0 atom stereocenters. The summed E-state index contributed by atoms with van der Waals surface area (Å²) in [7, 11) is -1.26. The minimum Gasteiger partial charge on any atom is -0.759 e. The first-order chi connectivity index (χ1) is 5.27. The number of nitrogens with zero attached hydrogens (tertiary/aromatic N) is 2. The van der Waals surface area contributed by atoms with Gasteiger partial charge in [-0.25, -0.2) is 0 Å². The van der Waals surface area contributed by atoms with Crippen molar-refractivity contribution in [3.63, 3.8) is 0 Å². The molecule has 0 rings (SSSR count). The molecule has 0 fully saturated rings. The zero-order valence-corrected chi connectivity index (χ0v) is 15.9. The van der Waals surface area contributed by atoms with Crippen molar-refractivity contribution >= 4 is 10.4 Å². The molecule has 0 saturated carbocycles. The van der Waals surface area contributed by atoms with Crippen molar-refractivity contribution in [1.29, 1.82) is 5.26 Å². The van der Waals surface area contributed by atoms with E-state index in [1.807, 2.05) is 19.0 Å². The molecule has 0 aliphatic carbocycles. The Kier molecular flexibility index (Phi) is 28.3. The van der Waals surface area contributed by atoms with Gasteiger partial charge in [0, 0.05) is 23.4 Å². The first-order valence-corrected chi connectivity index (χ1v) is 4.29. The van der Waals surface area contributed by atoms with Crippen molar-refractivity contribution in [3.8, 4) is 6.07 Å². The SMILES string of the molecule is CN(C)CCC#N.O=S(=O)([O-])[O-].[K+].[K+]. The number of hydrogen-bond acceptors (Lipinski definition) is 6. The Labute approximate surface area is 170 Å². The minimum atomic E-state index is -5.17. The molecule has 0 N–H and O–H groups in total. The van der Waals surface area contributed by atoms with E-state index in [-0.39, 0.29) is 103 Å². The topological polar surface area (TPSA) is 107 Å². The van der Waals surface area contributed by atoms with Crippen LogP contribution in [-0.2, 0) is 10.4 Å². The first kappa shape index (κ1) is 25.4. The standard InChI is InChI=1S/C5H10N2.2K.H2O4S/c1-7(2)5-3-4-6;;;1-5(2,3)4/h3,5H2,1-2H3;;;(H2,1,2,3,4)/q;2*+1;/p-2. The second-order valence-electron chi connectivity index (χ2n) is 2.12. The van der Waals surface area contributed by atoms with E-state index in [2.05, 4.69) is 6.07 Å². The van der Waals surface area contributed by atoms with Crippen molar-refractivity contribution in [2.45, 2.75) is 6.42 Å². The van der Waals surface area contributed by atoms with E-state index in [9.17, 15) is 0 Å². The van der Waals surface area contributed by atoms with Crippen LogP contribution in [0.15, 0.2) is 0 Å². The summed E-state index contributed by atoms with van der Waals surface area (Å²) in [6.45, 7) is 0.872. The average Bonchev–Trinajstić information content (AvgIpc) is 1.79. The fourth-order valence-electron chi connectivity index (χ4n) is 0.274. The van der Waals surface area contributed by atoms with Crippen LogP contribution in [-0.4, -0.2) is 43.1 Å². The third-order valence-electron chi connectivity index (χ3n) is 0.671. The summed E-state index contributed by atoms with van der Waals surface area (Å²) in [6.07, 6.45) is 0.632. The van der Waals surface area contributed by atoms with Crippen LogP contribution in [0.4, 0.5) is 0 Å². The summed E-state index contributed by atoms with van der Waals surface area (Å²) in [5, 5.41) is 8.04. The maximum absolute atomic E-state index is 8.52. The maximum Gasteiger partial charge on any atom is 1.00 e. The summed E-state index contributed by atoms with van der Waals surface area (Å²) < 4.78 is 34.1. The number of nitriles is 1. The normalized spacial score (nSPS) is 8.57. The molecular formula is C5H10K2N2O4S. The summed E-state index contributed by atoms with van der Waals surface area (Å²) in [5.41, 5.74) is 0. The molecule has 6 nitrogen and oxygen atoms in total. The second kappa shape index (κ2) is 15.6. The Morgan fingerprint density at radius 1 is 1.29 bits per heavy atom. The molecule has 0 aliphatic heterocycles. The molecule has 0 heterocycles. The van der Waals surface area contributed by atoms with Gasteiger partial charge in [0.05, 0.1) is 6.07 Å². The van der Waals surface area contributed by atoms with Gasteiger partial charge in [0.1, 0.15) is 0 Å². The molecule has 0 unspecified atom stereocenters. The molecule has 72 valence electrons. The molecule has 0 aliphatic rings. The van der Waals surface area contributed by atoms with Crippen LogP contribution >= 0.6 is 0 Å². The fourth-order valence-corrected chi connectivity index (χ4v) is 0.274. The zero-order valence-electron chi connectivity index (χ0n) is 8.85. The van der Waals surface area contributed by atoms with Crippen molar-refractivity contribution in [2.24, 2.45) is 0 Å². The molecule has 0 aromatic heterocycles. The molecule has 0 aromatic rings. The summed E-state index contributed by atoms with van der Waals surface area (Å²) in [6, 6.07) is 2.06. The summed E-state index contributed by atoms with van der Waals surface area (Å²) >= 11 is 0. The molecule has 0 spiro atoms. The Balaban J connectivity index is -0.0000000651. The van der Waals surface area contributed by atoms with Gasteiger partial charge in [-0.05, 0) is 14.1 Å². The molecule has 0 amide bonds. The van der Waals surface area contributed by atoms with E-state index in [1.54, 1.807) is 0 Å². The molecule has 0 saturated heterocycles. The molecule has 9 heteroatoms. The Morgan fingerprint density at radius 2 is 1.57 bits per heavy atom. The van der Waals surface area contributed by atoms with E-state index in [4.69, 9.17) is 22.8 Å². The van der Waals surface area contributed by atoms with Gasteiger partial charge in [0.2, 0.25) is 0 Å². The first-order valence-electron chi connectivity index (χ1n) is 2.95. The van der Waals surface area contributed by atoms with Crippen LogP contribution < -0.4 is 103 Å². The largest absolute Gasteiger partial charge is 1.00 e. The smallest absolute Gasteiger partial charge is 0.759 e. The van der Waals surface area contributed by atoms with Gasteiger partial charge in [-0.1, -0.05) is 0 Å². The average molecular weight is 272 g/mol. The quantitative estimate of drug-likeness (QED) is 0.281. The van der Waals surface area contributed by atoms with Crippen molar-refractivity contribution in [2.75, 3.05) is 20.6 Å². The van der Waals surface area contributed by atoms with E-state index >= 15 is 0 Å². The van der Waals surface area contributed by atoms with E-state index in [1.165, 1.54) is 0 Å². The Bertz CT molecular complexity index is 229. The molecule has 0 bridgehead atoms. The van der Waals surface area contributed by atoms with Crippen LogP contribution in [0.2, 0.25) is 0 Å². The molecule has 0 radical (unpaired) electrons. The molecule has 14 heavy (non-hydrogen) atoms.